The molecule has 0 radical (unpaired) electrons. The number of amides is 1. The van der Waals surface area contributed by atoms with E-state index in [0.29, 0.717) is 11.5 Å². The van der Waals surface area contributed by atoms with Gasteiger partial charge in [-0.15, -0.1) is 0 Å². The first-order valence-corrected chi connectivity index (χ1v) is 11.0. The lowest BCUT2D eigenvalue weighted by atomic mass is 9.90. The van der Waals surface area contributed by atoms with Crippen molar-refractivity contribution in [2.24, 2.45) is 11.1 Å². The van der Waals surface area contributed by atoms with Crippen LogP contribution in [0.15, 0.2) is 65.8 Å². The molecular weight excluding hydrogens is 424 g/mol. The van der Waals surface area contributed by atoms with Gasteiger partial charge in [-0.1, -0.05) is 67.5 Å². The maximum Gasteiger partial charge on any atom is 0.408 e. The van der Waals surface area contributed by atoms with Crippen molar-refractivity contribution in [2.45, 2.75) is 45.4 Å². The van der Waals surface area contributed by atoms with Crippen molar-refractivity contribution in [3.05, 3.63) is 66.2 Å². The molecule has 0 aromatic heterocycles. The second-order valence-corrected chi connectivity index (χ2v) is 8.09. The Morgan fingerprint density at radius 3 is 2.36 bits per heavy atom. The summed E-state index contributed by atoms with van der Waals surface area (Å²) in [7, 11) is 0. The van der Waals surface area contributed by atoms with Gasteiger partial charge in [0.05, 0.1) is 18.4 Å². The summed E-state index contributed by atoms with van der Waals surface area (Å²) in [4.78, 5) is 30.9. The number of nitrogens with one attached hydrogen (secondary N) is 1. The molecule has 1 aliphatic heterocycles. The molecule has 0 spiro atoms. The summed E-state index contributed by atoms with van der Waals surface area (Å²) in [5, 5.41) is 7.01. The highest BCUT2D eigenvalue weighted by atomic mass is 16.7. The summed E-state index contributed by atoms with van der Waals surface area (Å²) in [6.07, 6.45) is -0.449. The number of rotatable bonds is 10. The first-order valence-electron chi connectivity index (χ1n) is 11.0. The van der Waals surface area contributed by atoms with E-state index in [9.17, 15) is 9.59 Å². The molecule has 1 aliphatic rings. The fourth-order valence-corrected chi connectivity index (χ4v) is 3.42. The van der Waals surface area contributed by atoms with Crippen molar-refractivity contribution in [1.29, 1.82) is 0 Å². The Bertz CT molecular complexity index is 948. The van der Waals surface area contributed by atoms with Crippen LogP contribution in [0.1, 0.15) is 32.8 Å². The van der Waals surface area contributed by atoms with Gasteiger partial charge in [0, 0.05) is 6.42 Å². The van der Waals surface area contributed by atoms with Crippen LogP contribution in [0.4, 0.5) is 4.79 Å². The van der Waals surface area contributed by atoms with Crippen LogP contribution in [0.5, 0.6) is 5.75 Å². The number of carbonyl (C=O) groups excluding carboxylic acids is 2. The number of nitrogens with zero attached hydrogens (tertiary/aromatic N) is 1. The lowest BCUT2D eigenvalue weighted by molar-refractivity contribution is -0.172. The number of carbonyl (C=O) groups is 2. The van der Waals surface area contributed by atoms with Gasteiger partial charge in [-0.25, -0.2) is 9.59 Å². The van der Waals surface area contributed by atoms with E-state index in [2.05, 4.69) is 10.5 Å². The van der Waals surface area contributed by atoms with Crippen molar-refractivity contribution in [2.75, 3.05) is 13.2 Å². The number of ether oxygens (including phenoxy) is 3. The van der Waals surface area contributed by atoms with Crippen molar-refractivity contribution in [3.63, 3.8) is 0 Å². The average Bonchev–Trinajstić information content (AvgIpc) is 3.26. The van der Waals surface area contributed by atoms with E-state index in [1.165, 1.54) is 0 Å². The Balaban J connectivity index is 1.66. The average molecular weight is 455 g/mol. The SMILES string of the molecule is CCOC(=O)C1(COc2ccccc2)CC(C(NC(=O)OCc2ccccc2)C(C)C)=NO1. The van der Waals surface area contributed by atoms with Crippen molar-refractivity contribution < 1.29 is 28.6 Å². The first kappa shape index (κ1) is 24.1. The van der Waals surface area contributed by atoms with Crippen LogP contribution in [-0.4, -0.2) is 42.6 Å². The smallest absolute Gasteiger partial charge is 0.408 e. The van der Waals surface area contributed by atoms with Crippen molar-refractivity contribution in [1.82, 2.24) is 5.32 Å². The van der Waals surface area contributed by atoms with Gasteiger partial charge in [0.1, 0.15) is 19.0 Å². The zero-order valence-corrected chi connectivity index (χ0v) is 19.2. The molecule has 2 aromatic rings. The van der Waals surface area contributed by atoms with E-state index < -0.39 is 23.7 Å². The molecule has 0 saturated heterocycles. The zero-order chi connectivity index (χ0) is 23.7. The van der Waals surface area contributed by atoms with Gasteiger partial charge in [-0.3, -0.25) is 0 Å². The normalized spacial score (nSPS) is 18.1. The molecule has 2 aromatic carbocycles. The Morgan fingerprint density at radius 1 is 1.06 bits per heavy atom. The maximum absolute atomic E-state index is 12.8. The highest BCUT2D eigenvalue weighted by Crippen LogP contribution is 2.30. The number of oxime groups is 1. The van der Waals surface area contributed by atoms with E-state index in [1.807, 2.05) is 62.4 Å². The minimum atomic E-state index is -1.43. The fraction of sp³-hybridized carbons (Fsp3) is 0.400. The molecule has 176 valence electrons. The summed E-state index contributed by atoms with van der Waals surface area (Å²) in [5.74, 6) is 0.0137. The van der Waals surface area contributed by atoms with Crippen molar-refractivity contribution in [3.8, 4) is 5.75 Å². The van der Waals surface area contributed by atoms with Gasteiger partial charge >= 0.3 is 12.1 Å². The number of benzene rings is 2. The van der Waals surface area contributed by atoms with E-state index >= 15 is 0 Å². The van der Waals surface area contributed by atoms with Gasteiger partial charge in [0.15, 0.2) is 0 Å². The second-order valence-electron chi connectivity index (χ2n) is 8.09. The molecule has 33 heavy (non-hydrogen) atoms. The molecule has 0 aliphatic carbocycles. The highest BCUT2D eigenvalue weighted by molar-refractivity contribution is 5.98. The number of esters is 1. The van der Waals surface area contributed by atoms with Crippen LogP contribution >= 0.6 is 0 Å². The third-order valence-corrected chi connectivity index (χ3v) is 5.18. The van der Waals surface area contributed by atoms with Crippen LogP contribution in [0.25, 0.3) is 0 Å². The molecule has 2 atom stereocenters. The molecule has 1 heterocycles. The third kappa shape index (κ3) is 6.47. The summed E-state index contributed by atoms with van der Waals surface area (Å²) in [6, 6.07) is 18.0. The van der Waals surface area contributed by atoms with E-state index in [-0.39, 0.29) is 32.2 Å². The van der Waals surface area contributed by atoms with Gasteiger partial charge in [0.25, 0.3) is 5.60 Å². The Hall–Kier alpha value is -3.55. The van der Waals surface area contributed by atoms with Gasteiger partial charge < -0.3 is 24.4 Å². The fourth-order valence-electron chi connectivity index (χ4n) is 3.42. The molecule has 1 N–H and O–H groups in total. The van der Waals surface area contributed by atoms with Gasteiger partial charge in [-0.2, -0.15) is 0 Å². The Labute approximate surface area is 193 Å². The summed E-state index contributed by atoms with van der Waals surface area (Å²) < 4.78 is 16.4. The summed E-state index contributed by atoms with van der Waals surface area (Å²) in [5.41, 5.74) is -0.0229. The van der Waals surface area contributed by atoms with Crippen molar-refractivity contribution >= 4 is 17.8 Å². The van der Waals surface area contributed by atoms with E-state index in [0.717, 1.165) is 5.56 Å². The van der Waals surface area contributed by atoms with Crippen LogP contribution in [0.3, 0.4) is 0 Å². The van der Waals surface area contributed by atoms with E-state index in [1.54, 1.807) is 19.1 Å². The number of para-hydroxylation sites is 1. The molecule has 2 unspecified atom stereocenters. The molecule has 3 rings (SSSR count). The van der Waals surface area contributed by atoms with Gasteiger partial charge in [-0.05, 0) is 30.5 Å². The molecular formula is C25H30N2O6. The molecule has 1 amide bonds. The van der Waals surface area contributed by atoms with Gasteiger partial charge in [0.2, 0.25) is 0 Å². The lowest BCUT2D eigenvalue weighted by Gasteiger charge is -2.26. The summed E-state index contributed by atoms with van der Waals surface area (Å²) >= 11 is 0. The minimum Gasteiger partial charge on any atom is -0.489 e. The van der Waals surface area contributed by atoms with Crippen LogP contribution in [0, 0.1) is 5.92 Å². The Morgan fingerprint density at radius 2 is 1.73 bits per heavy atom. The zero-order valence-electron chi connectivity index (χ0n) is 19.2. The predicted octanol–water partition coefficient (Wildman–Crippen LogP) is 4.09. The monoisotopic (exact) mass is 454 g/mol. The topological polar surface area (TPSA) is 95.5 Å². The summed E-state index contributed by atoms with van der Waals surface area (Å²) in [6.45, 7) is 5.87. The predicted molar refractivity (Wildman–Crippen MR) is 123 cm³/mol. The molecule has 8 heteroatoms. The quantitative estimate of drug-likeness (QED) is 0.543. The number of hydrogen-bond donors (Lipinski definition) is 1. The number of alkyl carbamates (subject to hydrolysis) is 1. The largest absolute Gasteiger partial charge is 0.489 e. The standard InChI is InChI=1S/C25H30N2O6/c1-4-30-23(28)25(17-32-20-13-9-6-10-14-20)15-21(27-33-25)22(18(2)3)26-24(29)31-16-19-11-7-5-8-12-19/h5-14,18,22H,4,15-17H2,1-3H3,(H,26,29). The minimum absolute atomic E-state index is 0.0235. The second kappa shape index (κ2) is 11.4. The number of hydrogen-bond acceptors (Lipinski definition) is 7. The van der Waals surface area contributed by atoms with Crippen LogP contribution in [0.2, 0.25) is 0 Å². The first-order chi connectivity index (χ1) is 15.9. The third-order valence-electron chi connectivity index (χ3n) is 5.18. The maximum atomic E-state index is 12.8. The highest BCUT2D eigenvalue weighted by Gasteiger charge is 2.51. The van der Waals surface area contributed by atoms with Crippen LogP contribution in [-0.2, 0) is 25.7 Å². The van der Waals surface area contributed by atoms with Crippen LogP contribution < -0.4 is 10.1 Å². The molecule has 0 bridgehead atoms. The Kier molecular flexibility index (Phi) is 8.29. The molecule has 8 nitrogen and oxygen atoms in total. The lowest BCUT2D eigenvalue weighted by Crippen LogP contribution is -2.49. The van der Waals surface area contributed by atoms with E-state index in [4.69, 9.17) is 19.0 Å². The molecule has 0 saturated carbocycles. The molecule has 0 fully saturated rings.